The van der Waals surface area contributed by atoms with Crippen LogP contribution in [0.5, 0.6) is 0 Å². The van der Waals surface area contributed by atoms with Crippen LogP contribution >= 0.6 is 0 Å². The van der Waals surface area contributed by atoms with E-state index in [-0.39, 0.29) is 11.2 Å². The number of piperazine rings is 1. The largest absolute Gasteiger partial charge is 0.367 e. The normalized spacial score (nSPS) is 17.5. The van der Waals surface area contributed by atoms with Crippen LogP contribution in [0.15, 0.2) is 24.3 Å². The molecule has 0 atom stereocenters. The molecular formula is C16H26FN3. The van der Waals surface area contributed by atoms with Gasteiger partial charge in [0.25, 0.3) is 0 Å². The first-order valence-corrected chi connectivity index (χ1v) is 7.44. The van der Waals surface area contributed by atoms with Crippen molar-refractivity contribution in [2.24, 2.45) is 11.1 Å². The van der Waals surface area contributed by atoms with E-state index in [0.717, 1.165) is 51.4 Å². The average Bonchev–Trinajstić information content (AvgIpc) is 2.46. The van der Waals surface area contributed by atoms with Crippen molar-refractivity contribution in [2.75, 3.05) is 44.2 Å². The van der Waals surface area contributed by atoms with Gasteiger partial charge in [-0.1, -0.05) is 26.0 Å². The summed E-state index contributed by atoms with van der Waals surface area (Å²) < 4.78 is 13.8. The summed E-state index contributed by atoms with van der Waals surface area (Å²) in [6, 6.07) is 7.03. The molecule has 1 heterocycles. The average molecular weight is 279 g/mol. The predicted octanol–water partition coefficient (Wildman–Crippen LogP) is 2.32. The lowest BCUT2D eigenvalue weighted by Crippen LogP contribution is -2.47. The van der Waals surface area contributed by atoms with Crippen LogP contribution in [0.25, 0.3) is 0 Å². The maximum absolute atomic E-state index is 13.8. The fourth-order valence-corrected chi connectivity index (χ4v) is 2.48. The van der Waals surface area contributed by atoms with Gasteiger partial charge in [0, 0.05) is 26.2 Å². The highest BCUT2D eigenvalue weighted by Gasteiger charge is 2.21. The lowest BCUT2D eigenvalue weighted by atomic mass is 9.89. The van der Waals surface area contributed by atoms with Gasteiger partial charge in [-0.15, -0.1) is 0 Å². The van der Waals surface area contributed by atoms with Gasteiger partial charge in [-0.2, -0.15) is 0 Å². The van der Waals surface area contributed by atoms with Crippen LogP contribution in [0, 0.1) is 11.2 Å². The summed E-state index contributed by atoms with van der Waals surface area (Å²) in [6.07, 6.45) is 1.11. The van der Waals surface area contributed by atoms with Gasteiger partial charge in [0.2, 0.25) is 0 Å². The Morgan fingerprint density at radius 3 is 2.40 bits per heavy atom. The standard InChI is InChI=1S/C16H26FN3/c1-16(2,13-18)7-8-19-9-11-20(12-10-19)15-6-4-3-5-14(15)17/h3-6H,7-13,18H2,1-2H3. The highest BCUT2D eigenvalue weighted by Crippen LogP contribution is 2.22. The molecule has 1 aliphatic heterocycles. The summed E-state index contributed by atoms with van der Waals surface area (Å²) in [7, 11) is 0. The van der Waals surface area contributed by atoms with Crippen LogP contribution in [-0.2, 0) is 0 Å². The smallest absolute Gasteiger partial charge is 0.146 e. The highest BCUT2D eigenvalue weighted by atomic mass is 19.1. The van der Waals surface area contributed by atoms with E-state index in [4.69, 9.17) is 5.73 Å². The molecule has 3 nitrogen and oxygen atoms in total. The third-order valence-corrected chi connectivity index (χ3v) is 4.22. The van der Waals surface area contributed by atoms with Crippen molar-refractivity contribution in [3.63, 3.8) is 0 Å². The number of hydrogen-bond acceptors (Lipinski definition) is 3. The van der Waals surface area contributed by atoms with E-state index >= 15 is 0 Å². The molecule has 0 aliphatic carbocycles. The van der Waals surface area contributed by atoms with Crippen LogP contribution in [0.2, 0.25) is 0 Å². The van der Waals surface area contributed by atoms with Crippen LogP contribution in [-0.4, -0.2) is 44.2 Å². The van der Waals surface area contributed by atoms with Gasteiger partial charge in [0.15, 0.2) is 0 Å². The number of anilines is 1. The van der Waals surface area contributed by atoms with E-state index < -0.39 is 0 Å². The van der Waals surface area contributed by atoms with Crippen molar-refractivity contribution >= 4 is 5.69 Å². The first kappa shape index (κ1) is 15.3. The van der Waals surface area contributed by atoms with Crippen LogP contribution < -0.4 is 10.6 Å². The van der Waals surface area contributed by atoms with Gasteiger partial charge in [-0.3, -0.25) is 4.90 Å². The molecule has 2 rings (SSSR count). The lowest BCUT2D eigenvalue weighted by molar-refractivity contribution is 0.211. The third kappa shape index (κ3) is 3.93. The summed E-state index contributed by atoms with van der Waals surface area (Å²) >= 11 is 0. The van der Waals surface area contributed by atoms with Crippen molar-refractivity contribution in [3.8, 4) is 0 Å². The number of para-hydroxylation sites is 1. The Balaban J connectivity index is 1.82. The molecule has 1 aromatic carbocycles. The number of benzene rings is 1. The Labute approximate surface area is 121 Å². The van der Waals surface area contributed by atoms with Gasteiger partial charge in [-0.05, 0) is 37.1 Å². The molecule has 0 bridgehead atoms. The predicted molar refractivity (Wildman–Crippen MR) is 82.5 cm³/mol. The fraction of sp³-hybridized carbons (Fsp3) is 0.625. The Kier molecular flexibility index (Phi) is 5.00. The number of rotatable bonds is 5. The van der Waals surface area contributed by atoms with E-state index in [1.54, 1.807) is 6.07 Å². The molecule has 1 aliphatic rings. The molecule has 2 N–H and O–H groups in total. The first-order chi connectivity index (χ1) is 9.52. The monoisotopic (exact) mass is 279 g/mol. The molecule has 112 valence electrons. The van der Waals surface area contributed by atoms with Crippen molar-refractivity contribution in [1.82, 2.24) is 4.90 Å². The van der Waals surface area contributed by atoms with Crippen molar-refractivity contribution < 1.29 is 4.39 Å². The maximum Gasteiger partial charge on any atom is 0.146 e. The summed E-state index contributed by atoms with van der Waals surface area (Å²) in [5.41, 5.74) is 6.71. The summed E-state index contributed by atoms with van der Waals surface area (Å²) in [5, 5.41) is 0. The summed E-state index contributed by atoms with van der Waals surface area (Å²) in [4.78, 5) is 4.59. The zero-order valence-electron chi connectivity index (χ0n) is 12.6. The van der Waals surface area contributed by atoms with E-state index in [1.165, 1.54) is 6.07 Å². The van der Waals surface area contributed by atoms with Crippen LogP contribution in [0.1, 0.15) is 20.3 Å². The Morgan fingerprint density at radius 2 is 1.80 bits per heavy atom. The zero-order valence-corrected chi connectivity index (χ0v) is 12.6. The van der Waals surface area contributed by atoms with Gasteiger partial charge < -0.3 is 10.6 Å². The number of nitrogens with zero attached hydrogens (tertiary/aromatic N) is 2. The Morgan fingerprint density at radius 1 is 1.15 bits per heavy atom. The van der Waals surface area contributed by atoms with Crippen molar-refractivity contribution in [1.29, 1.82) is 0 Å². The maximum atomic E-state index is 13.8. The van der Waals surface area contributed by atoms with E-state index in [1.807, 2.05) is 12.1 Å². The topological polar surface area (TPSA) is 32.5 Å². The Bertz CT molecular complexity index is 425. The minimum Gasteiger partial charge on any atom is -0.367 e. The number of hydrogen-bond donors (Lipinski definition) is 1. The van der Waals surface area contributed by atoms with Gasteiger partial charge >= 0.3 is 0 Å². The minimum absolute atomic E-state index is 0.120. The van der Waals surface area contributed by atoms with Crippen LogP contribution in [0.3, 0.4) is 0 Å². The summed E-state index contributed by atoms with van der Waals surface area (Å²) in [5.74, 6) is -0.120. The van der Waals surface area contributed by atoms with E-state index in [0.29, 0.717) is 0 Å². The fourth-order valence-electron chi connectivity index (χ4n) is 2.48. The number of halogens is 1. The SMILES string of the molecule is CC(C)(CN)CCN1CCN(c2ccccc2F)CC1. The number of nitrogens with two attached hydrogens (primary N) is 1. The molecule has 0 saturated carbocycles. The molecule has 0 aromatic heterocycles. The van der Waals surface area contributed by atoms with Crippen molar-refractivity contribution in [3.05, 3.63) is 30.1 Å². The molecular weight excluding hydrogens is 253 g/mol. The minimum atomic E-state index is -0.120. The van der Waals surface area contributed by atoms with Crippen molar-refractivity contribution in [2.45, 2.75) is 20.3 Å². The second-order valence-corrected chi connectivity index (χ2v) is 6.40. The summed E-state index contributed by atoms with van der Waals surface area (Å²) in [6.45, 7) is 10.0. The molecule has 0 radical (unpaired) electrons. The van der Waals surface area contributed by atoms with Gasteiger partial charge in [0.1, 0.15) is 5.82 Å². The second-order valence-electron chi connectivity index (χ2n) is 6.40. The molecule has 0 amide bonds. The molecule has 1 aromatic rings. The van der Waals surface area contributed by atoms with Gasteiger partial charge in [0.05, 0.1) is 5.69 Å². The second kappa shape index (κ2) is 6.55. The van der Waals surface area contributed by atoms with Crippen LogP contribution in [0.4, 0.5) is 10.1 Å². The van der Waals surface area contributed by atoms with E-state index in [9.17, 15) is 4.39 Å². The molecule has 20 heavy (non-hydrogen) atoms. The molecule has 0 spiro atoms. The zero-order chi connectivity index (χ0) is 14.6. The molecule has 0 unspecified atom stereocenters. The third-order valence-electron chi connectivity index (χ3n) is 4.22. The Hall–Kier alpha value is -1.13. The quantitative estimate of drug-likeness (QED) is 0.898. The lowest BCUT2D eigenvalue weighted by Gasteiger charge is -2.37. The first-order valence-electron chi connectivity index (χ1n) is 7.44. The van der Waals surface area contributed by atoms with E-state index in [2.05, 4.69) is 23.6 Å². The molecule has 1 saturated heterocycles. The molecule has 1 fully saturated rings. The molecule has 4 heteroatoms. The van der Waals surface area contributed by atoms with Gasteiger partial charge in [-0.25, -0.2) is 4.39 Å². The highest BCUT2D eigenvalue weighted by molar-refractivity contribution is 5.47.